The zero-order chi connectivity index (χ0) is 23.6. The van der Waals surface area contributed by atoms with Gasteiger partial charge in [0.1, 0.15) is 17.3 Å². The van der Waals surface area contributed by atoms with Gasteiger partial charge in [0, 0.05) is 22.9 Å². The number of nitrogens with zero attached hydrogens (tertiary/aromatic N) is 3. The average molecular weight is 435 g/mol. The van der Waals surface area contributed by atoms with Crippen molar-refractivity contribution in [2.75, 3.05) is 6.61 Å². The maximum atomic E-state index is 12.6. The molecule has 3 heterocycles. The van der Waals surface area contributed by atoms with Gasteiger partial charge in [-0.3, -0.25) is 0 Å². The third kappa shape index (κ3) is 4.02. The van der Waals surface area contributed by atoms with Crippen molar-refractivity contribution in [2.45, 2.75) is 32.5 Å². The van der Waals surface area contributed by atoms with Crippen molar-refractivity contribution in [3.05, 3.63) is 85.4 Å². The second-order valence-corrected chi connectivity index (χ2v) is 7.89. The van der Waals surface area contributed by atoms with Crippen LogP contribution in [-0.4, -0.2) is 12.2 Å². The molecule has 4 rings (SSSR count). The third-order valence-electron chi connectivity index (χ3n) is 5.31. The van der Waals surface area contributed by atoms with E-state index >= 15 is 0 Å². The molecule has 0 unspecified atom stereocenters. The van der Waals surface area contributed by atoms with Crippen molar-refractivity contribution in [2.24, 2.45) is 0 Å². The summed E-state index contributed by atoms with van der Waals surface area (Å²) in [7, 11) is 0. The van der Waals surface area contributed by atoms with Crippen LogP contribution in [0.5, 0.6) is 0 Å². The highest BCUT2D eigenvalue weighted by Gasteiger charge is 2.38. The van der Waals surface area contributed by atoms with Gasteiger partial charge in [-0.2, -0.15) is 5.26 Å². The summed E-state index contributed by atoms with van der Waals surface area (Å²) in [6.45, 7) is 11.6. The Bertz CT molecular complexity index is 1500. The van der Waals surface area contributed by atoms with E-state index in [1.807, 2.05) is 12.1 Å². The summed E-state index contributed by atoms with van der Waals surface area (Å²) in [6, 6.07) is 9.12. The molecule has 7 nitrogen and oxygen atoms in total. The van der Waals surface area contributed by atoms with Gasteiger partial charge in [0.25, 0.3) is 0 Å². The van der Waals surface area contributed by atoms with Crippen molar-refractivity contribution in [3.8, 4) is 24.0 Å². The fourth-order valence-corrected chi connectivity index (χ4v) is 3.69. The van der Waals surface area contributed by atoms with Crippen LogP contribution in [-0.2, 0) is 16.1 Å². The zero-order valence-electron chi connectivity index (χ0n) is 18.0. The largest absolute Gasteiger partial charge is 0.492 e. The Morgan fingerprint density at radius 2 is 2.09 bits per heavy atom. The van der Waals surface area contributed by atoms with Gasteiger partial charge in [-0.25, -0.2) is 14.9 Å². The number of nitriles is 2. The summed E-state index contributed by atoms with van der Waals surface area (Å²) in [4.78, 5) is 15.8. The number of allylic oxidation sites excluding steroid dienone is 2. The Morgan fingerprint density at radius 3 is 2.82 bits per heavy atom. The second-order valence-electron chi connectivity index (χ2n) is 7.89. The molecule has 0 amide bonds. The number of hydrogen-bond acceptors (Lipinski definition) is 6. The molecule has 160 valence electrons. The molecule has 2 aliphatic rings. The Labute approximate surface area is 190 Å². The van der Waals surface area contributed by atoms with Gasteiger partial charge in [0.2, 0.25) is 0 Å². The first-order chi connectivity index (χ1) is 15.9. The van der Waals surface area contributed by atoms with Crippen LogP contribution in [0.3, 0.4) is 0 Å². The lowest BCUT2D eigenvalue weighted by atomic mass is 9.94. The molecule has 0 N–H and O–H groups in total. The molecule has 0 fully saturated rings. The molecular weight excluding hydrogens is 418 g/mol. The van der Waals surface area contributed by atoms with Gasteiger partial charge in [-0.15, -0.1) is 0 Å². The molecule has 0 atom stereocenters. The second kappa shape index (κ2) is 8.52. The number of fused-ring (bicyclic) bond motifs is 2. The average Bonchev–Trinajstić information content (AvgIpc) is 3.03. The quantitative estimate of drug-likeness (QED) is 0.301. The third-order valence-corrected chi connectivity index (χ3v) is 5.31. The normalized spacial score (nSPS) is 18.2. The minimum atomic E-state index is -0.966. The monoisotopic (exact) mass is 435 g/mol. The Balaban J connectivity index is 1.81. The summed E-state index contributed by atoms with van der Waals surface area (Å²) in [5, 5.41) is 19.6. The van der Waals surface area contributed by atoms with Crippen molar-refractivity contribution >= 4 is 17.0 Å². The highest BCUT2D eigenvalue weighted by atomic mass is 16.5. The maximum Gasteiger partial charge on any atom is 0.343 e. The zero-order valence-corrected chi connectivity index (χ0v) is 18.0. The van der Waals surface area contributed by atoms with Crippen LogP contribution in [0.25, 0.3) is 21.9 Å². The summed E-state index contributed by atoms with van der Waals surface area (Å²) in [5.41, 5.74) is 1.13. The van der Waals surface area contributed by atoms with Gasteiger partial charge in [-0.05, 0) is 43.7 Å². The Kier molecular flexibility index (Phi) is 5.60. The van der Waals surface area contributed by atoms with Crippen LogP contribution in [0.1, 0.15) is 37.0 Å². The van der Waals surface area contributed by atoms with Gasteiger partial charge < -0.3 is 13.9 Å². The van der Waals surface area contributed by atoms with Crippen molar-refractivity contribution in [1.82, 2.24) is 0 Å². The molecule has 2 aliphatic heterocycles. The van der Waals surface area contributed by atoms with Crippen LogP contribution in [0.2, 0.25) is 0 Å². The molecule has 0 radical (unpaired) electrons. The molecule has 1 aromatic carbocycles. The lowest BCUT2D eigenvalue weighted by Crippen LogP contribution is -2.20. The summed E-state index contributed by atoms with van der Waals surface area (Å²) < 4.78 is 16.9. The molecule has 7 heteroatoms. The lowest BCUT2D eigenvalue weighted by Gasteiger charge is -2.20. The smallest absolute Gasteiger partial charge is 0.343 e. The van der Waals surface area contributed by atoms with E-state index in [9.17, 15) is 15.3 Å². The SMILES string of the molecule is [C-]#[N+]/C(C#N)=C1\OC(C)(C)C(/C=C/c2cc3cc4c(cc3oc2=O)C#CCCOC4)=C1C#N. The molecule has 0 spiro atoms. The van der Waals surface area contributed by atoms with Crippen molar-refractivity contribution < 1.29 is 13.9 Å². The van der Waals surface area contributed by atoms with E-state index in [1.165, 1.54) is 0 Å². The minimum absolute atomic E-state index is 0.0510. The van der Waals surface area contributed by atoms with E-state index in [1.54, 1.807) is 44.2 Å². The molecular formula is C26H17N3O4. The number of ether oxygens (including phenoxy) is 2. The predicted octanol–water partition coefficient (Wildman–Crippen LogP) is 4.36. The summed E-state index contributed by atoms with van der Waals surface area (Å²) in [6.07, 6.45) is 3.78. The van der Waals surface area contributed by atoms with E-state index in [2.05, 4.69) is 16.7 Å². The van der Waals surface area contributed by atoms with Crippen LogP contribution in [0.15, 0.2) is 56.1 Å². The Hall–Kier alpha value is -4.56. The van der Waals surface area contributed by atoms with E-state index in [4.69, 9.17) is 20.5 Å². The van der Waals surface area contributed by atoms with Crippen LogP contribution in [0, 0.1) is 41.1 Å². The van der Waals surface area contributed by atoms with Crippen LogP contribution < -0.4 is 5.63 Å². The molecule has 2 aromatic rings. The highest BCUT2D eigenvalue weighted by Crippen LogP contribution is 2.40. The first-order valence-electron chi connectivity index (χ1n) is 10.1. The lowest BCUT2D eigenvalue weighted by molar-refractivity contribution is 0.0953. The van der Waals surface area contributed by atoms with Crippen molar-refractivity contribution in [1.29, 1.82) is 10.5 Å². The topological polar surface area (TPSA) is 101 Å². The molecule has 0 bridgehead atoms. The standard InChI is InChI=1S/C26H17N3O4/c1-26(2)21(20(13-27)24(33-26)22(14-28)29-3)8-7-17-10-18-11-19-15-31-9-5-4-6-16(19)12-23(18)32-25(17)30/h7-8,10-12H,5,9,15H2,1-2H3/b8-7+,24-22-. The fourth-order valence-electron chi connectivity index (χ4n) is 3.69. The predicted molar refractivity (Wildman–Crippen MR) is 120 cm³/mol. The van der Waals surface area contributed by atoms with E-state index in [-0.39, 0.29) is 22.6 Å². The molecule has 0 saturated heterocycles. The molecule has 33 heavy (non-hydrogen) atoms. The maximum absolute atomic E-state index is 12.6. The van der Waals surface area contributed by atoms with Crippen molar-refractivity contribution in [3.63, 3.8) is 0 Å². The van der Waals surface area contributed by atoms with Gasteiger partial charge in [0.05, 0.1) is 37.0 Å². The van der Waals surface area contributed by atoms with E-state index < -0.39 is 11.2 Å². The molecule has 1 aromatic heterocycles. The highest BCUT2D eigenvalue weighted by molar-refractivity contribution is 5.82. The first-order valence-corrected chi connectivity index (χ1v) is 10.1. The minimum Gasteiger partial charge on any atom is -0.492 e. The summed E-state index contributed by atoms with van der Waals surface area (Å²) in [5.74, 6) is 6.07. The van der Waals surface area contributed by atoms with E-state index in [0.717, 1.165) is 16.5 Å². The Morgan fingerprint density at radius 1 is 1.27 bits per heavy atom. The van der Waals surface area contributed by atoms with Gasteiger partial charge in [-0.1, -0.05) is 17.9 Å². The fraction of sp³-hybridized carbons (Fsp3) is 0.231. The molecule has 0 saturated carbocycles. The van der Waals surface area contributed by atoms with Crippen LogP contribution in [0.4, 0.5) is 0 Å². The molecule has 0 aliphatic carbocycles. The van der Waals surface area contributed by atoms with E-state index in [0.29, 0.717) is 30.8 Å². The number of benzene rings is 1. The number of rotatable bonds is 2. The van der Waals surface area contributed by atoms with Gasteiger partial charge >= 0.3 is 11.3 Å². The van der Waals surface area contributed by atoms with Gasteiger partial charge in [0.15, 0.2) is 5.76 Å². The first kappa shape index (κ1) is 21.7. The summed E-state index contributed by atoms with van der Waals surface area (Å²) >= 11 is 0. The van der Waals surface area contributed by atoms with Crippen LogP contribution >= 0.6 is 0 Å². The number of hydrogen-bond donors (Lipinski definition) is 0.